The van der Waals surface area contributed by atoms with Gasteiger partial charge in [0.2, 0.25) is 0 Å². The zero-order valence-electron chi connectivity index (χ0n) is 12.0. The fraction of sp³-hybridized carbons (Fsp3) is 0.235. The average Bonchev–Trinajstić information content (AvgIpc) is 2.69. The van der Waals surface area contributed by atoms with E-state index < -0.39 is 0 Å². The van der Waals surface area contributed by atoms with Gasteiger partial charge in [0.05, 0.1) is 17.7 Å². The molecule has 1 aromatic carbocycles. The molecule has 0 spiro atoms. The van der Waals surface area contributed by atoms with Gasteiger partial charge in [0.1, 0.15) is 0 Å². The molecule has 1 aliphatic heterocycles. The van der Waals surface area contributed by atoms with Crippen molar-refractivity contribution in [3.05, 3.63) is 65.5 Å². The van der Waals surface area contributed by atoms with Crippen LogP contribution in [0.2, 0.25) is 0 Å². The quantitative estimate of drug-likeness (QED) is 0.715. The predicted octanol–water partition coefficient (Wildman–Crippen LogP) is 3.45. The third-order valence-corrected chi connectivity index (χ3v) is 3.71. The Labute approximate surface area is 120 Å². The normalized spacial score (nSPS) is 19.7. The van der Waals surface area contributed by atoms with Crippen LogP contribution in [0.15, 0.2) is 65.0 Å². The van der Waals surface area contributed by atoms with Crippen LogP contribution in [0.3, 0.4) is 0 Å². The van der Waals surface area contributed by atoms with E-state index in [0.29, 0.717) is 0 Å². The van der Waals surface area contributed by atoms with E-state index in [4.69, 9.17) is 0 Å². The van der Waals surface area contributed by atoms with E-state index in [2.05, 4.69) is 71.4 Å². The smallest absolute Gasteiger partial charge is 0.0952 e. The van der Waals surface area contributed by atoms with Gasteiger partial charge in [0.15, 0.2) is 0 Å². The lowest BCUT2D eigenvalue weighted by molar-refractivity contribution is 0.407. The first-order valence-electron chi connectivity index (χ1n) is 6.88. The van der Waals surface area contributed by atoms with Crippen molar-refractivity contribution in [1.29, 1.82) is 0 Å². The standard InChI is InChI=1S/C17H19N3/c1-19-12-14-8-6-7-9-15(14)18-13-20(2)17-11-5-3-4-10-16(17)19/h3-10,13H,11-12H2,1-2H3/b18-13+. The molecule has 1 aliphatic carbocycles. The molecule has 0 amide bonds. The van der Waals surface area contributed by atoms with Gasteiger partial charge in [-0.3, -0.25) is 0 Å². The Balaban J connectivity index is 2.09. The number of nitrogens with zero attached hydrogens (tertiary/aromatic N) is 3. The first-order valence-corrected chi connectivity index (χ1v) is 6.88. The lowest BCUT2D eigenvalue weighted by Crippen LogP contribution is -2.23. The van der Waals surface area contributed by atoms with Crippen LogP contribution >= 0.6 is 0 Å². The molecule has 3 nitrogen and oxygen atoms in total. The molecular weight excluding hydrogens is 246 g/mol. The Morgan fingerprint density at radius 3 is 2.85 bits per heavy atom. The second-order valence-corrected chi connectivity index (χ2v) is 5.16. The van der Waals surface area contributed by atoms with Crippen molar-refractivity contribution in [1.82, 2.24) is 9.80 Å². The van der Waals surface area contributed by atoms with Crippen LogP contribution in [-0.2, 0) is 6.54 Å². The molecule has 0 N–H and O–H groups in total. The van der Waals surface area contributed by atoms with E-state index in [-0.39, 0.29) is 0 Å². The van der Waals surface area contributed by atoms with Gasteiger partial charge >= 0.3 is 0 Å². The maximum Gasteiger partial charge on any atom is 0.0952 e. The fourth-order valence-electron chi connectivity index (χ4n) is 2.61. The number of likely N-dealkylation sites (N-methyl/N-ethyl adjacent to an activating group) is 1. The molecule has 0 unspecified atom stereocenters. The Morgan fingerprint density at radius 2 is 1.95 bits per heavy atom. The molecule has 0 bridgehead atoms. The van der Waals surface area contributed by atoms with Crippen LogP contribution in [0.4, 0.5) is 5.69 Å². The molecule has 0 saturated carbocycles. The molecule has 3 rings (SSSR count). The number of para-hydroxylation sites is 1. The summed E-state index contributed by atoms with van der Waals surface area (Å²) >= 11 is 0. The molecule has 3 heteroatoms. The number of benzene rings is 1. The number of fused-ring (bicyclic) bond motifs is 1. The second-order valence-electron chi connectivity index (χ2n) is 5.16. The zero-order chi connectivity index (χ0) is 13.9. The van der Waals surface area contributed by atoms with Crippen LogP contribution in [0, 0.1) is 0 Å². The van der Waals surface area contributed by atoms with Gasteiger partial charge in [-0.05, 0) is 17.7 Å². The van der Waals surface area contributed by atoms with Crippen molar-refractivity contribution in [2.24, 2.45) is 4.99 Å². The number of aliphatic imine (C=N–C) groups is 1. The van der Waals surface area contributed by atoms with E-state index >= 15 is 0 Å². The highest BCUT2D eigenvalue weighted by molar-refractivity contribution is 5.66. The zero-order valence-corrected chi connectivity index (χ0v) is 12.0. The van der Waals surface area contributed by atoms with Crippen molar-refractivity contribution in [3.8, 4) is 0 Å². The van der Waals surface area contributed by atoms with E-state index in [9.17, 15) is 0 Å². The maximum atomic E-state index is 4.64. The minimum atomic E-state index is 0.866. The Bertz CT molecular complexity index is 623. The highest BCUT2D eigenvalue weighted by Gasteiger charge is 2.16. The summed E-state index contributed by atoms with van der Waals surface area (Å²) in [7, 11) is 4.20. The van der Waals surface area contributed by atoms with E-state index in [1.807, 2.05) is 12.4 Å². The van der Waals surface area contributed by atoms with Gasteiger partial charge < -0.3 is 9.80 Å². The summed E-state index contributed by atoms with van der Waals surface area (Å²) in [5, 5.41) is 0. The van der Waals surface area contributed by atoms with Crippen molar-refractivity contribution in [3.63, 3.8) is 0 Å². The summed E-state index contributed by atoms with van der Waals surface area (Å²) in [4.78, 5) is 9.05. The van der Waals surface area contributed by atoms with Crippen LogP contribution in [-0.4, -0.2) is 30.2 Å². The summed E-state index contributed by atoms with van der Waals surface area (Å²) in [6.07, 6.45) is 11.4. The fourth-order valence-corrected chi connectivity index (χ4v) is 2.61. The van der Waals surface area contributed by atoms with Crippen LogP contribution in [0.5, 0.6) is 0 Å². The molecule has 0 radical (unpaired) electrons. The lowest BCUT2D eigenvalue weighted by atomic mass is 10.1. The van der Waals surface area contributed by atoms with Gasteiger partial charge in [-0.25, -0.2) is 4.99 Å². The number of allylic oxidation sites excluding steroid dienone is 4. The Morgan fingerprint density at radius 1 is 1.10 bits per heavy atom. The molecule has 1 heterocycles. The molecule has 0 aromatic heterocycles. The first-order chi connectivity index (χ1) is 9.75. The number of hydrogen-bond donors (Lipinski definition) is 0. The molecule has 2 aliphatic rings. The lowest BCUT2D eigenvalue weighted by Gasteiger charge is -2.26. The molecule has 0 saturated heterocycles. The summed E-state index contributed by atoms with van der Waals surface area (Å²) in [6.45, 7) is 0.866. The average molecular weight is 265 g/mol. The molecule has 0 atom stereocenters. The highest BCUT2D eigenvalue weighted by Crippen LogP contribution is 2.27. The topological polar surface area (TPSA) is 18.8 Å². The summed E-state index contributed by atoms with van der Waals surface area (Å²) in [6, 6.07) is 8.33. The first kappa shape index (κ1) is 12.7. The van der Waals surface area contributed by atoms with Crippen molar-refractivity contribution in [2.75, 3.05) is 14.1 Å². The number of rotatable bonds is 0. The van der Waals surface area contributed by atoms with E-state index in [1.54, 1.807) is 0 Å². The third-order valence-electron chi connectivity index (χ3n) is 3.71. The van der Waals surface area contributed by atoms with Gasteiger partial charge in [0, 0.05) is 32.8 Å². The molecule has 102 valence electrons. The van der Waals surface area contributed by atoms with Gasteiger partial charge in [-0.15, -0.1) is 0 Å². The predicted molar refractivity (Wildman–Crippen MR) is 83.7 cm³/mol. The van der Waals surface area contributed by atoms with Gasteiger partial charge in [-0.1, -0.05) is 36.4 Å². The monoisotopic (exact) mass is 265 g/mol. The maximum absolute atomic E-state index is 4.64. The van der Waals surface area contributed by atoms with Crippen molar-refractivity contribution in [2.45, 2.75) is 13.0 Å². The SMILES string of the molecule is CN1/C=N/c2ccccc2CN(C)C2=C1CC=CC=C2. The highest BCUT2D eigenvalue weighted by atomic mass is 15.2. The van der Waals surface area contributed by atoms with E-state index in [0.717, 1.165) is 18.7 Å². The summed E-state index contributed by atoms with van der Waals surface area (Å²) < 4.78 is 0. The summed E-state index contributed by atoms with van der Waals surface area (Å²) in [5.41, 5.74) is 4.82. The van der Waals surface area contributed by atoms with Crippen molar-refractivity contribution >= 4 is 12.0 Å². The summed E-state index contributed by atoms with van der Waals surface area (Å²) in [5.74, 6) is 0. The Hall–Kier alpha value is -2.29. The minimum Gasteiger partial charge on any atom is -0.369 e. The molecular formula is C17H19N3. The molecule has 1 aromatic rings. The van der Waals surface area contributed by atoms with Gasteiger partial charge in [-0.2, -0.15) is 0 Å². The minimum absolute atomic E-state index is 0.866. The largest absolute Gasteiger partial charge is 0.369 e. The van der Waals surface area contributed by atoms with Crippen LogP contribution in [0.25, 0.3) is 0 Å². The second kappa shape index (κ2) is 5.37. The molecule has 20 heavy (non-hydrogen) atoms. The number of hydrogen-bond acceptors (Lipinski definition) is 3. The third kappa shape index (κ3) is 2.39. The van der Waals surface area contributed by atoms with Crippen LogP contribution in [0.1, 0.15) is 12.0 Å². The Kier molecular flexibility index (Phi) is 3.42. The van der Waals surface area contributed by atoms with Crippen LogP contribution < -0.4 is 0 Å². The van der Waals surface area contributed by atoms with Gasteiger partial charge in [0.25, 0.3) is 0 Å². The molecule has 0 fully saturated rings. The van der Waals surface area contributed by atoms with E-state index in [1.165, 1.54) is 17.0 Å². The van der Waals surface area contributed by atoms with Crippen molar-refractivity contribution < 1.29 is 0 Å².